The highest BCUT2D eigenvalue weighted by atomic mass is 16.2. The van der Waals surface area contributed by atoms with E-state index in [1.165, 1.54) is 0 Å². The van der Waals surface area contributed by atoms with E-state index in [1.54, 1.807) is 4.90 Å². The summed E-state index contributed by atoms with van der Waals surface area (Å²) in [7, 11) is 0. The van der Waals surface area contributed by atoms with Crippen LogP contribution in [0.3, 0.4) is 0 Å². The Morgan fingerprint density at radius 3 is 2.46 bits per heavy atom. The van der Waals surface area contributed by atoms with Gasteiger partial charge in [0.2, 0.25) is 17.7 Å². The average Bonchev–Trinajstić information content (AvgIpc) is 2.87. The highest BCUT2D eigenvalue weighted by Gasteiger charge is 2.36. The summed E-state index contributed by atoms with van der Waals surface area (Å²) in [5.41, 5.74) is 1.08. The van der Waals surface area contributed by atoms with Crippen LogP contribution in [0.2, 0.25) is 0 Å². The van der Waals surface area contributed by atoms with E-state index < -0.39 is 0 Å². The molecule has 0 bridgehead atoms. The second-order valence-corrected chi connectivity index (χ2v) is 7.07. The Balaban J connectivity index is 1.57. The maximum atomic E-state index is 12.9. The van der Waals surface area contributed by atoms with Crippen LogP contribution in [0.15, 0.2) is 30.3 Å². The number of benzene rings is 1. The second-order valence-electron chi connectivity index (χ2n) is 7.07. The molecule has 6 heteroatoms. The van der Waals surface area contributed by atoms with E-state index in [0.717, 1.165) is 12.0 Å². The van der Waals surface area contributed by atoms with Gasteiger partial charge in [-0.25, -0.2) is 0 Å². The molecule has 0 spiro atoms. The van der Waals surface area contributed by atoms with Gasteiger partial charge < -0.3 is 14.7 Å². The number of likely N-dealkylation sites (tertiary alicyclic amines) is 1. The van der Waals surface area contributed by atoms with E-state index >= 15 is 0 Å². The van der Waals surface area contributed by atoms with Crippen LogP contribution >= 0.6 is 0 Å². The maximum Gasteiger partial charge on any atom is 0.228 e. The van der Waals surface area contributed by atoms with Crippen LogP contribution in [0.4, 0.5) is 0 Å². The summed E-state index contributed by atoms with van der Waals surface area (Å²) >= 11 is 0. The van der Waals surface area contributed by atoms with Crippen molar-refractivity contribution in [2.75, 3.05) is 32.7 Å². The fraction of sp³-hybridized carbons (Fsp3) is 0.550. The van der Waals surface area contributed by atoms with Crippen LogP contribution in [-0.2, 0) is 20.9 Å². The highest BCUT2D eigenvalue weighted by Crippen LogP contribution is 2.23. The van der Waals surface area contributed by atoms with Gasteiger partial charge in [-0.1, -0.05) is 37.3 Å². The number of hydrogen-bond acceptors (Lipinski definition) is 3. The van der Waals surface area contributed by atoms with Crippen molar-refractivity contribution in [3.05, 3.63) is 35.9 Å². The van der Waals surface area contributed by atoms with Crippen LogP contribution in [0, 0.1) is 5.92 Å². The highest BCUT2D eigenvalue weighted by molar-refractivity contribution is 5.89. The van der Waals surface area contributed by atoms with Crippen molar-refractivity contribution in [1.82, 2.24) is 14.7 Å². The van der Waals surface area contributed by atoms with Gasteiger partial charge in [-0.15, -0.1) is 0 Å². The summed E-state index contributed by atoms with van der Waals surface area (Å²) in [6, 6.07) is 9.86. The first kappa shape index (κ1) is 18.4. The number of rotatable bonds is 4. The topological polar surface area (TPSA) is 60.9 Å². The van der Waals surface area contributed by atoms with E-state index in [0.29, 0.717) is 52.1 Å². The average molecular weight is 357 g/mol. The fourth-order valence-corrected chi connectivity index (χ4v) is 3.76. The Kier molecular flexibility index (Phi) is 5.91. The van der Waals surface area contributed by atoms with E-state index in [2.05, 4.69) is 0 Å². The van der Waals surface area contributed by atoms with E-state index in [9.17, 15) is 14.4 Å². The summed E-state index contributed by atoms with van der Waals surface area (Å²) < 4.78 is 0. The quantitative estimate of drug-likeness (QED) is 0.821. The summed E-state index contributed by atoms with van der Waals surface area (Å²) in [6.07, 6.45) is 1.59. The minimum atomic E-state index is -0.264. The molecule has 3 amide bonds. The third-order valence-corrected chi connectivity index (χ3v) is 5.24. The predicted octanol–water partition coefficient (Wildman–Crippen LogP) is 1.51. The summed E-state index contributed by atoms with van der Waals surface area (Å²) in [5, 5.41) is 0. The number of amides is 3. The molecule has 0 aromatic heterocycles. The van der Waals surface area contributed by atoms with Crippen molar-refractivity contribution >= 4 is 17.7 Å². The Morgan fingerprint density at radius 2 is 1.73 bits per heavy atom. The van der Waals surface area contributed by atoms with Crippen LogP contribution < -0.4 is 0 Å². The lowest BCUT2D eigenvalue weighted by Crippen LogP contribution is -2.40. The smallest absolute Gasteiger partial charge is 0.228 e. The van der Waals surface area contributed by atoms with Crippen molar-refractivity contribution in [2.45, 2.75) is 32.7 Å². The molecule has 0 radical (unpaired) electrons. The van der Waals surface area contributed by atoms with Crippen LogP contribution in [0.1, 0.15) is 31.7 Å². The van der Waals surface area contributed by atoms with Gasteiger partial charge in [0.05, 0.1) is 5.92 Å². The first-order valence-electron chi connectivity index (χ1n) is 9.46. The Labute approximate surface area is 154 Å². The minimum Gasteiger partial charge on any atom is -0.341 e. The van der Waals surface area contributed by atoms with E-state index in [4.69, 9.17) is 0 Å². The van der Waals surface area contributed by atoms with Gasteiger partial charge in [0.15, 0.2) is 0 Å². The molecule has 26 heavy (non-hydrogen) atoms. The molecule has 0 aliphatic carbocycles. The number of carbonyl (C=O) groups is 3. The molecule has 6 nitrogen and oxygen atoms in total. The largest absolute Gasteiger partial charge is 0.341 e. The van der Waals surface area contributed by atoms with Gasteiger partial charge in [-0.3, -0.25) is 14.4 Å². The normalized spacial score (nSPS) is 21.0. The lowest BCUT2D eigenvalue weighted by atomic mass is 10.1. The zero-order valence-electron chi connectivity index (χ0n) is 15.4. The van der Waals surface area contributed by atoms with Crippen molar-refractivity contribution in [1.29, 1.82) is 0 Å². The Bertz CT molecular complexity index is 662. The van der Waals surface area contributed by atoms with Crippen molar-refractivity contribution in [3.8, 4) is 0 Å². The molecular formula is C20H27N3O3. The van der Waals surface area contributed by atoms with Crippen LogP contribution in [0.5, 0.6) is 0 Å². The Morgan fingerprint density at radius 1 is 1.04 bits per heavy atom. The molecular weight excluding hydrogens is 330 g/mol. The molecule has 2 aliphatic rings. The molecule has 140 valence electrons. The molecule has 2 aliphatic heterocycles. The molecule has 0 saturated carbocycles. The molecule has 3 rings (SSSR count). The molecule has 0 N–H and O–H groups in total. The van der Waals surface area contributed by atoms with Crippen molar-refractivity contribution < 1.29 is 14.4 Å². The molecule has 1 unspecified atom stereocenters. The molecule has 2 heterocycles. The van der Waals surface area contributed by atoms with E-state index in [1.807, 2.05) is 47.1 Å². The summed E-state index contributed by atoms with van der Waals surface area (Å²) in [6.45, 7) is 5.43. The number of nitrogens with zero attached hydrogens (tertiary/aromatic N) is 3. The first-order valence-corrected chi connectivity index (χ1v) is 9.46. The SMILES string of the molecule is CCC(=O)N1CCCN(C(=O)C2CC(=O)N(Cc3ccccc3)C2)CC1. The summed E-state index contributed by atoms with van der Waals surface area (Å²) in [5.74, 6) is -0.0199. The molecule has 1 aromatic rings. The third-order valence-electron chi connectivity index (χ3n) is 5.24. The van der Waals surface area contributed by atoms with Gasteiger partial charge in [0, 0.05) is 52.1 Å². The lowest BCUT2D eigenvalue weighted by Gasteiger charge is -2.24. The van der Waals surface area contributed by atoms with Crippen LogP contribution in [-0.4, -0.2) is 65.1 Å². The standard InChI is InChI=1S/C20H27N3O3/c1-2-18(24)21-9-6-10-22(12-11-21)20(26)17-13-19(25)23(15-17)14-16-7-4-3-5-8-16/h3-5,7-8,17H,2,6,9-15H2,1H3. The molecule has 1 atom stereocenters. The zero-order valence-corrected chi connectivity index (χ0v) is 15.4. The number of hydrogen-bond donors (Lipinski definition) is 0. The van der Waals surface area contributed by atoms with Crippen molar-refractivity contribution in [3.63, 3.8) is 0 Å². The van der Waals surface area contributed by atoms with Gasteiger partial charge in [0.25, 0.3) is 0 Å². The molecule has 2 fully saturated rings. The minimum absolute atomic E-state index is 0.0461. The maximum absolute atomic E-state index is 12.9. The fourth-order valence-electron chi connectivity index (χ4n) is 3.76. The predicted molar refractivity (Wildman–Crippen MR) is 98.0 cm³/mol. The first-order chi connectivity index (χ1) is 12.6. The van der Waals surface area contributed by atoms with Crippen LogP contribution in [0.25, 0.3) is 0 Å². The van der Waals surface area contributed by atoms with E-state index in [-0.39, 0.29) is 23.6 Å². The summed E-state index contributed by atoms with van der Waals surface area (Å²) in [4.78, 5) is 42.6. The lowest BCUT2D eigenvalue weighted by molar-refractivity contribution is -0.136. The zero-order chi connectivity index (χ0) is 18.5. The molecule has 1 aromatic carbocycles. The Hall–Kier alpha value is -2.37. The van der Waals surface area contributed by atoms with Gasteiger partial charge in [-0.05, 0) is 12.0 Å². The van der Waals surface area contributed by atoms with Gasteiger partial charge in [-0.2, -0.15) is 0 Å². The second kappa shape index (κ2) is 8.34. The molecule has 2 saturated heterocycles. The van der Waals surface area contributed by atoms with Crippen molar-refractivity contribution in [2.24, 2.45) is 5.92 Å². The number of carbonyl (C=O) groups excluding carboxylic acids is 3. The van der Waals surface area contributed by atoms with Gasteiger partial charge >= 0.3 is 0 Å². The third kappa shape index (κ3) is 4.23. The van der Waals surface area contributed by atoms with Gasteiger partial charge in [0.1, 0.15) is 0 Å². The monoisotopic (exact) mass is 357 g/mol.